The number of hydrogen-bond donors (Lipinski definition) is 8. The van der Waals surface area contributed by atoms with E-state index in [2.05, 4.69) is 6.92 Å². The molecule has 16 unspecified atom stereocenters. The van der Waals surface area contributed by atoms with Gasteiger partial charge in [-0.15, -0.1) is 0 Å². The lowest BCUT2D eigenvalue weighted by molar-refractivity contribution is -0.361. The van der Waals surface area contributed by atoms with Gasteiger partial charge in [0.2, 0.25) is 0 Å². The molecular formula is C35H52O15. The number of aliphatic hydroxyl groups excluding tert-OH is 6. The number of hydrogen-bond acceptors (Lipinski definition) is 15. The monoisotopic (exact) mass is 712 g/mol. The molecule has 0 aromatic heterocycles. The molecule has 50 heavy (non-hydrogen) atoms. The Labute approximate surface area is 290 Å². The molecule has 2 saturated heterocycles. The maximum absolute atomic E-state index is 13.2. The third kappa shape index (κ3) is 5.37. The number of rotatable bonds is 7. The smallest absolute Gasteiger partial charge is 0.331 e. The first-order valence-electron chi connectivity index (χ1n) is 18.0. The van der Waals surface area contributed by atoms with Crippen molar-refractivity contribution in [3.8, 4) is 0 Å². The van der Waals surface area contributed by atoms with E-state index >= 15 is 0 Å². The van der Waals surface area contributed by atoms with Crippen molar-refractivity contribution >= 4 is 12.3 Å². The minimum Gasteiger partial charge on any atom is -0.458 e. The largest absolute Gasteiger partial charge is 0.458 e. The molecule has 7 rings (SSSR count). The molecule has 4 aliphatic carbocycles. The van der Waals surface area contributed by atoms with Crippen LogP contribution in [0.15, 0.2) is 11.6 Å². The molecule has 15 nitrogen and oxygen atoms in total. The van der Waals surface area contributed by atoms with Crippen LogP contribution < -0.4 is 0 Å². The van der Waals surface area contributed by atoms with Gasteiger partial charge in [-0.3, -0.25) is 0 Å². The van der Waals surface area contributed by atoms with Crippen molar-refractivity contribution in [3.63, 3.8) is 0 Å². The van der Waals surface area contributed by atoms with Crippen LogP contribution in [-0.4, -0.2) is 145 Å². The van der Waals surface area contributed by atoms with E-state index in [0.717, 1.165) is 18.3 Å². The summed E-state index contributed by atoms with van der Waals surface area (Å²) in [5.74, 6) is -0.830. The van der Waals surface area contributed by atoms with Crippen molar-refractivity contribution in [3.05, 3.63) is 11.6 Å². The van der Waals surface area contributed by atoms with Gasteiger partial charge >= 0.3 is 5.97 Å². The maximum Gasteiger partial charge on any atom is 0.331 e. The summed E-state index contributed by atoms with van der Waals surface area (Å²) in [6.07, 6.45) is -8.63. The molecule has 0 amide bonds. The number of aliphatic hydroxyl groups is 8. The molecule has 0 radical (unpaired) electrons. The second kappa shape index (κ2) is 13.1. The van der Waals surface area contributed by atoms with Crippen molar-refractivity contribution in [2.45, 2.75) is 150 Å². The van der Waals surface area contributed by atoms with Crippen LogP contribution in [-0.2, 0) is 33.3 Å². The van der Waals surface area contributed by atoms with Gasteiger partial charge in [0, 0.05) is 17.9 Å². The van der Waals surface area contributed by atoms with E-state index in [4.69, 9.17) is 23.7 Å². The Morgan fingerprint density at radius 2 is 1.56 bits per heavy atom. The third-order valence-electron chi connectivity index (χ3n) is 14.1. The lowest BCUT2D eigenvalue weighted by Crippen LogP contribution is -2.69. The highest BCUT2D eigenvalue weighted by Crippen LogP contribution is 2.70. The van der Waals surface area contributed by atoms with Crippen molar-refractivity contribution in [1.82, 2.24) is 0 Å². The molecule has 4 saturated carbocycles. The van der Waals surface area contributed by atoms with Gasteiger partial charge in [0.05, 0.1) is 35.4 Å². The molecule has 282 valence electrons. The quantitative estimate of drug-likeness (QED) is 0.0858. The highest BCUT2D eigenvalue weighted by atomic mass is 16.7. The fourth-order valence-corrected chi connectivity index (χ4v) is 11.3. The first kappa shape index (κ1) is 36.7. The van der Waals surface area contributed by atoms with Gasteiger partial charge in [-0.05, 0) is 81.6 Å². The van der Waals surface area contributed by atoms with Crippen molar-refractivity contribution in [1.29, 1.82) is 0 Å². The van der Waals surface area contributed by atoms with E-state index < -0.39 is 96.2 Å². The van der Waals surface area contributed by atoms with E-state index in [1.54, 1.807) is 13.0 Å². The lowest BCUT2D eigenvalue weighted by Gasteiger charge is -2.65. The van der Waals surface area contributed by atoms with Crippen molar-refractivity contribution in [2.24, 2.45) is 28.6 Å². The third-order valence-corrected chi connectivity index (χ3v) is 14.1. The molecule has 0 bridgehead atoms. The molecule has 0 aromatic carbocycles. The number of aldehydes is 1. The fraction of sp³-hybridized carbons (Fsp3) is 0.886. The molecule has 3 heterocycles. The van der Waals surface area contributed by atoms with Crippen LogP contribution in [0.3, 0.4) is 0 Å². The maximum atomic E-state index is 13.2. The molecule has 18 atom stereocenters. The summed E-state index contributed by atoms with van der Waals surface area (Å²) in [4.78, 5) is 25.1. The van der Waals surface area contributed by atoms with Gasteiger partial charge in [-0.2, -0.15) is 0 Å². The SMILES string of the molecule is CC1OC(OC2CC[C@]3(C=O)C4CC[C@]5(C)C(C6=CC(=O)OC6)CCC5(O)C4CCC3(O)C2)C(O)C(O)C1OC1OC(CO)C(O)C(O)C1O. The van der Waals surface area contributed by atoms with E-state index in [9.17, 15) is 50.4 Å². The fourth-order valence-electron chi connectivity index (χ4n) is 11.3. The van der Waals surface area contributed by atoms with Crippen LogP contribution in [0.2, 0.25) is 0 Å². The summed E-state index contributed by atoms with van der Waals surface area (Å²) in [6.45, 7) is 3.22. The number of fused-ring (bicyclic) bond motifs is 5. The number of carbonyl (C=O) groups is 2. The summed E-state index contributed by atoms with van der Waals surface area (Å²) in [5, 5.41) is 87.0. The number of carbonyl (C=O) groups excluding carboxylic acids is 2. The molecular weight excluding hydrogens is 660 g/mol. The standard InChI is InChI=1S/C35H52O15/c1-16-29(50-31-27(42)25(40)24(39)22(13-36)49-31)26(41)28(43)30(47-16)48-18-3-8-33(15-37)20-4-7-32(2)19(17-11-23(38)46-14-17)6-10-35(32,45)21(20)5-9-34(33,44)12-18/h11,15-16,18-22,24-31,36,39-45H,3-10,12-14H2,1-2H3/t16?,18?,19?,20?,21?,22?,24?,25?,26?,27?,28?,29?,30?,31?,32-,33+,34?,35?/m1/s1. The lowest BCUT2D eigenvalue weighted by atomic mass is 9.41. The van der Waals surface area contributed by atoms with Gasteiger partial charge < -0.3 is 69.3 Å². The predicted molar refractivity (Wildman–Crippen MR) is 167 cm³/mol. The molecule has 3 aliphatic heterocycles. The summed E-state index contributed by atoms with van der Waals surface area (Å²) in [6, 6.07) is 0. The summed E-state index contributed by atoms with van der Waals surface area (Å²) < 4.78 is 28.4. The van der Waals surface area contributed by atoms with E-state index in [1.807, 2.05) is 0 Å². The highest BCUT2D eigenvalue weighted by molar-refractivity contribution is 5.85. The van der Waals surface area contributed by atoms with E-state index in [-0.39, 0.29) is 43.2 Å². The Morgan fingerprint density at radius 3 is 2.24 bits per heavy atom. The molecule has 7 aliphatic rings. The second-order valence-electron chi connectivity index (χ2n) is 16.2. The van der Waals surface area contributed by atoms with Gasteiger partial charge in [0.15, 0.2) is 12.6 Å². The molecule has 6 fully saturated rings. The van der Waals surface area contributed by atoms with Gasteiger partial charge in [-0.25, -0.2) is 4.79 Å². The van der Waals surface area contributed by atoms with Crippen LogP contribution in [0, 0.1) is 28.6 Å². The molecule has 0 spiro atoms. The van der Waals surface area contributed by atoms with Crippen LogP contribution in [0.1, 0.15) is 71.6 Å². The second-order valence-corrected chi connectivity index (χ2v) is 16.2. The topological polar surface area (TPSA) is 242 Å². The van der Waals surface area contributed by atoms with Crippen molar-refractivity contribution < 1.29 is 74.1 Å². The Balaban J connectivity index is 1.02. The average molecular weight is 713 g/mol. The van der Waals surface area contributed by atoms with Crippen LogP contribution in [0.5, 0.6) is 0 Å². The number of cyclic esters (lactones) is 1. The molecule has 15 heteroatoms. The minimum atomic E-state index is -1.71. The predicted octanol–water partition coefficient (Wildman–Crippen LogP) is -1.43. The first-order chi connectivity index (χ1) is 23.6. The average Bonchev–Trinajstić information content (AvgIpc) is 3.64. The summed E-state index contributed by atoms with van der Waals surface area (Å²) in [7, 11) is 0. The summed E-state index contributed by atoms with van der Waals surface area (Å²) >= 11 is 0. The van der Waals surface area contributed by atoms with Crippen molar-refractivity contribution in [2.75, 3.05) is 13.2 Å². The zero-order valence-corrected chi connectivity index (χ0v) is 28.5. The molecule has 0 aromatic rings. The zero-order valence-electron chi connectivity index (χ0n) is 28.5. The number of ether oxygens (including phenoxy) is 5. The summed E-state index contributed by atoms with van der Waals surface area (Å²) in [5.41, 5.74) is -3.20. The Morgan fingerprint density at radius 1 is 0.860 bits per heavy atom. The van der Waals surface area contributed by atoms with E-state index in [0.29, 0.717) is 38.5 Å². The van der Waals surface area contributed by atoms with Crippen LogP contribution in [0.25, 0.3) is 0 Å². The zero-order chi connectivity index (χ0) is 36.0. The first-order valence-corrected chi connectivity index (χ1v) is 18.0. The van der Waals surface area contributed by atoms with Crippen LogP contribution in [0.4, 0.5) is 0 Å². The Kier molecular flexibility index (Phi) is 9.60. The van der Waals surface area contributed by atoms with Crippen LogP contribution >= 0.6 is 0 Å². The Hall–Kier alpha value is -1.60. The molecule has 8 N–H and O–H groups in total. The van der Waals surface area contributed by atoms with Gasteiger partial charge in [0.1, 0.15) is 55.6 Å². The van der Waals surface area contributed by atoms with Gasteiger partial charge in [-0.1, -0.05) is 6.92 Å². The van der Waals surface area contributed by atoms with E-state index in [1.165, 1.54) is 0 Å². The normalized spacial score (nSPS) is 55.0. The Bertz CT molecular complexity index is 1340. The number of esters is 1. The minimum absolute atomic E-state index is 0.00102. The van der Waals surface area contributed by atoms with Gasteiger partial charge in [0.25, 0.3) is 0 Å². The highest BCUT2D eigenvalue weighted by Gasteiger charge is 2.71.